The Morgan fingerprint density at radius 3 is 2.62 bits per heavy atom. The third-order valence-electron chi connectivity index (χ3n) is 3.41. The minimum absolute atomic E-state index is 0.0181. The van der Waals surface area contributed by atoms with Crippen molar-refractivity contribution in [3.05, 3.63) is 62.7 Å². The van der Waals surface area contributed by atoms with Crippen LogP contribution in [0.4, 0.5) is 11.4 Å². The number of aryl methyl sites for hydroxylation is 1. The van der Waals surface area contributed by atoms with Crippen molar-refractivity contribution in [2.75, 3.05) is 19.0 Å². The molecule has 8 nitrogen and oxygen atoms in total. The van der Waals surface area contributed by atoms with Gasteiger partial charge in [-0.1, -0.05) is 17.7 Å². The molecule has 0 heterocycles. The topological polar surface area (TPSA) is 108 Å². The van der Waals surface area contributed by atoms with E-state index in [4.69, 9.17) is 21.1 Å². The number of ether oxygens (including phenoxy) is 2. The monoisotopic (exact) mass is 378 g/mol. The smallest absolute Gasteiger partial charge is 0.338 e. The molecule has 0 unspecified atom stereocenters. The molecule has 0 radical (unpaired) electrons. The Labute approximate surface area is 153 Å². The predicted octanol–water partition coefficient (Wildman–Crippen LogP) is 3.36. The second-order valence-corrected chi connectivity index (χ2v) is 5.66. The molecular weight excluding hydrogens is 364 g/mol. The van der Waals surface area contributed by atoms with Crippen LogP contribution in [0.2, 0.25) is 5.02 Å². The van der Waals surface area contributed by atoms with Crippen molar-refractivity contribution in [1.82, 2.24) is 0 Å². The molecule has 0 aliphatic heterocycles. The number of anilines is 1. The number of benzene rings is 2. The largest absolute Gasteiger partial charge is 0.495 e. The van der Waals surface area contributed by atoms with E-state index >= 15 is 0 Å². The Morgan fingerprint density at radius 2 is 1.96 bits per heavy atom. The van der Waals surface area contributed by atoms with E-state index in [1.165, 1.54) is 25.3 Å². The van der Waals surface area contributed by atoms with Gasteiger partial charge in [0.05, 0.1) is 23.3 Å². The van der Waals surface area contributed by atoms with Crippen LogP contribution < -0.4 is 10.1 Å². The van der Waals surface area contributed by atoms with Crippen LogP contribution in [-0.2, 0) is 9.53 Å². The maximum absolute atomic E-state index is 12.0. The Bertz CT molecular complexity index is 868. The molecule has 26 heavy (non-hydrogen) atoms. The molecule has 0 aliphatic carbocycles. The van der Waals surface area contributed by atoms with E-state index in [0.29, 0.717) is 22.0 Å². The standard InChI is InChI=1S/C17H15ClN2O6/c1-10-3-4-11(7-14(10)20(23)24)17(22)26-9-16(21)19-13-8-12(18)5-6-15(13)25-2/h3-8H,9H2,1-2H3,(H,19,21). The molecule has 0 saturated carbocycles. The van der Waals surface area contributed by atoms with E-state index < -0.39 is 23.4 Å². The maximum Gasteiger partial charge on any atom is 0.338 e. The summed E-state index contributed by atoms with van der Waals surface area (Å²) in [5, 5.41) is 13.8. The summed E-state index contributed by atoms with van der Waals surface area (Å²) in [7, 11) is 1.43. The normalized spacial score (nSPS) is 10.1. The summed E-state index contributed by atoms with van der Waals surface area (Å²) in [6.45, 7) is 0.981. The summed E-state index contributed by atoms with van der Waals surface area (Å²) in [5.74, 6) is -1.06. The van der Waals surface area contributed by atoms with E-state index in [0.717, 1.165) is 6.07 Å². The zero-order valence-corrected chi connectivity index (χ0v) is 14.7. The van der Waals surface area contributed by atoms with Gasteiger partial charge in [-0.2, -0.15) is 0 Å². The molecular formula is C17H15ClN2O6. The lowest BCUT2D eigenvalue weighted by atomic mass is 10.1. The van der Waals surface area contributed by atoms with Gasteiger partial charge in [0.1, 0.15) is 5.75 Å². The van der Waals surface area contributed by atoms with Crippen LogP contribution in [-0.4, -0.2) is 30.5 Å². The molecule has 0 saturated heterocycles. The van der Waals surface area contributed by atoms with Crippen LogP contribution in [0.5, 0.6) is 5.75 Å². The highest BCUT2D eigenvalue weighted by Gasteiger charge is 2.17. The van der Waals surface area contributed by atoms with Gasteiger partial charge >= 0.3 is 5.97 Å². The van der Waals surface area contributed by atoms with Crippen molar-refractivity contribution in [2.45, 2.75) is 6.92 Å². The molecule has 2 rings (SSSR count). The van der Waals surface area contributed by atoms with E-state index in [2.05, 4.69) is 5.32 Å². The number of methoxy groups -OCH3 is 1. The number of esters is 1. The molecule has 0 bridgehead atoms. The summed E-state index contributed by atoms with van der Waals surface area (Å²) in [6, 6.07) is 8.60. The predicted molar refractivity (Wildman–Crippen MR) is 94.7 cm³/mol. The average molecular weight is 379 g/mol. The highest BCUT2D eigenvalue weighted by atomic mass is 35.5. The highest BCUT2D eigenvalue weighted by Crippen LogP contribution is 2.27. The molecule has 1 amide bonds. The fourth-order valence-electron chi connectivity index (χ4n) is 2.11. The van der Waals surface area contributed by atoms with Crippen molar-refractivity contribution in [1.29, 1.82) is 0 Å². The fourth-order valence-corrected chi connectivity index (χ4v) is 2.28. The van der Waals surface area contributed by atoms with Crippen molar-refractivity contribution < 1.29 is 24.0 Å². The maximum atomic E-state index is 12.0. The van der Waals surface area contributed by atoms with Crippen molar-refractivity contribution in [3.8, 4) is 5.75 Å². The minimum Gasteiger partial charge on any atom is -0.495 e. The van der Waals surface area contributed by atoms with Gasteiger partial charge in [0, 0.05) is 16.7 Å². The second kappa shape index (κ2) is 8.30. The Hall–Kier alpha value is -3.13. The molecule has 9 heteroatoms. The number of nitro benzene ring substituents is 1. The summed E-state index contributed by atoms with van der Waals surface area (Å²) in [5.41, 5.74) is 0.521. The number of hydrogen-bond donors (Lipinski definition) is 1. The number of rotatable bonds is 6. The molecule has 0 atom stereocenters. The zero-order chi connectivity index (χ0) is 19.3. The summed E-state index contributed by atoms with van der Waals surface area (Å²) in [4.78, 5) is 34.3. The van der Waals surface area contributed by atoms with Gasteiger partial charge in [-0.25, -0.2) is 4.79 Å². The van der Waals surface area contributed by atoms with Gasteiger partial charge in [0.15, 0.2) is 6.61 Å². The molecule has 0 aromatic heterocycles. The number of nitrogens with one attached hydrogen (secondary N) is 1. The highest BCUT2D eigenvalue weighted by molar-refractivity contribution is 6.31. The van der Waals surface area contributed by atoms with Gasteiger partial charge in [-0.05, 0) is 31.2 Å². The molecule has 2 aromatic rings. The number of carbonyl (C=O) groups excluding carboxylic acids is 2. The number of nitro groups is 1. The van der Waals surface area contributed by atoms with Crippen LogP contribution in [0, 0.1) is 17.0 Å². The first-order valence-corrected chi connectivity index (χ1v) is 7.75. The van der Waals surface area contributed by atoms with Crippen LogP contribution in [0.3, 0.4) is 0 Å². The lowest BCUT2D eigenvalue weighted by Crippen LogP contribution is -2.21. The third-order valence-corrected chi connectivity index (χ3v) is 3.65. The van der Waals surface area contributed by atoms with Gasteiger partial charge in [-0.15, -0.1) is 0 Å². The zero-order valence-electron chi connectivity index (χ0n) is 13.9. The number of nitrogens with zero attached hydrogens (tertiary/aromatic N) is 1. The van der Waals surface area contributed by atoms with Gasteiger partial charge in [-0.3, -0.25) is 14.9 Å². The first kappa shape index (κ1) is 19.2. The summed E-state index contributed by atoms with van der Waals surface area (Å²) >= 11 is 5.87. The van der Waals surface area contributed by atoms with Crippen LogP contribution in [0.1, 0.15) is 15.9 Å². The summed E-state index contributed by atoms with van der Waals surface area (Å²) in [6.07, 6.45) is 0. The SMILES string of the molecule is COc1ccc(Cl)cc1NC(=O)COC(=O)c1ccc(C)c([N+](=O)[O-])c1. The molecule has 2 aromatic carbocycles. The molecule has 1 N–H and O–H groups in total. The molecule has 0 aliphatic rings. The first-order valence-electron chi connectivity index (χ1n) is 7.37. The van der Waals surface area contributed by atoms with E-state index in [9.17, 15) is 19.7 Å². The number of halogens is 1. The lowest BCUT2D eigenvalue weighted by molar-refractivity contribution is -0.385. The lowest BCUT2D eigenvalue weighted by Gasteiger charge is -2.11. The quantitative estimate of drug-likeness (QED) is 0.469. The summed E-state index contributed by atoms with van der Waals surface area (Å²) < 4.78 is 9.99. The van der Waals surface area contributed by atoms with Gasteiger partial charge < -0.3 is 14.8 Å². The van der Waals surface area contributed by atoms with Crippen LogP contribution in [0.25, 0.3) is 0 Å². The first-order chi connectivity index (χ1) is 12.3. The van der Waals surface area contributed by atoms with E-state index in [-0.39, 0.29) is 11.3 Å². The van der Waals surface area contributed by atoms with Crippen LogP contribution in [0.15, 0.2) is 36.4 Å². The Kier molecular flexibility index (Phi) is 6.13. The van der Waals surface area contributed by atoms with E-state index in [1.807, 2.05) is 0 Å². The van der Waals surface area contributed by atoms with Crippen molar-refractivity contribution >= 4 is 34.9 Å². The number of carbonyl (C=O) groups is 2. The van der Waals surface area contributed by atoms with Gasteiger partial charge in [0.2, 0.25) is 0 Å². The number of amides is 1. The minimum atomic E-state index is -0.846. The van der Waals surface area contributed by atoms with Crippen LogP contribution >= 0.6 is 11.6 Å². The molecule has 136 valence electrons. The van der Waals surface area contributed by atoms with Gasteiger partial charge in [0.25, 0.3) is 11.6 Å². The Morgan fingerprint density at radius 1 is 1.23 bits per heavy atom. The number of hydrogen-bond acceptors (Lipinski definition) is 6. The Balaban J connectivity index is 2.01. The average Bonchev–Trinajstić information content (AvgIpc) is 2.60. The van der Waals surface area contributed by atoms with Crippen molar-refractivity contribution in [3.63, 3.8) is 0 Å². The molecule has 0 fully saturated rings. The van der Waals surface area contributed by atoms with Crippen molar-refractivity contribution in [2.24, 2.45) is 0 Å². The van der Waals surface area contributed by atoms with E-state index in [1.54, 1.807) is 19.1 Å². The fraction of sp³-hybridized carbons (Fsp3) is 0.176. The third kappa shape index (κ3) is 4.70. The second-order valence-electron chi connectivity index (χ2n) is 5.23. The molecule has 0 spiro atoms.